The summed E-state index contributed by atoms with van der Waals surface area (Å²) in [7, 11) is 0. The Morgan fingerprint density at radius 2 is 1.44 bits per heavy atom. The minimum atomic E-state index is -0.410. The molecule has 5 rings (SSSR count). The van der Waals surface area contributed by atoms with Crippen LogP contribution >= 0.6 is 11.3 Å². The third-order valence-corrected chi connectivity index (χ3v) is 6.46. The Bertz CT molecular complexity index is 1510. The van der Waals surface area contributed by atoms with Crippen LogP contribution in [0, 0.1) is 10.1 Å². The van der Waals surface area contributed by atoms with Crippen LogP contribution in [0.15, 0.2) is 97.1 Å². The van der Waals surface area contributed by atoms with Crippen LogP contribution < -0.4 is 9.47 Å². The first kappa shape index (κ1) is 23.3. The number of nitrogens with zero attached hydrogens (tertiary/aromatic N) is 2. The number of hydrogen-bond donors (Lipinski definition) is 0. The zero-order chi connectivity index (χ0) is 24.7. The van der Waals surface area contributed by atoms with Crippen molar-refractivity contribution in [3.63, 3.8) is 0 Å². The highest BCUT2D eigenvalue weighted by atomic mass is 32.1. The van der Waals surface area contributed by atoms with Gasteiger partial charge in [-0.3, -0.25) is 10.1 Å². The molecule has 178 valence electrons. The molecule has 0 unspecified atom stereocenters. The number of aromatic nitrogens is 1. The van der Waals surface area contributed by atoms with Crippen molar-refractivity contribution in [1.82, 2.24) is 4.98 Å². The second-order valence-corrected chi connectivity index (χ2v) is 9.11. The SMILES string of the molecule is O=[N+]([O-])c1ccc2sc(C=Cc3ccc(OCc4ccccc4)c(OCc4ccccc4)c3)nc2c1. The number of non-ortho nitro benzene ring substituents is 1. The fourth-order valence-corrected chi connectivity index (χ4v) is 4.47. The van der Waals surface area contributed by atoms with Gasteiger partial charge in [-0.15, -0.1) is 11.3 Å². The van der Waals surface area contributed by atoms with Gasteiger partial charge in [0.15, 0.2) is 11.5 Å². The van der Waals surface area contributed by atoms with E-state index in [-0.39, 0.29) is 5.69 Å². The van der Waals surface area contributed by atoms with Gasteiger partial charge in [-0.05, 0) is 41.0 Å². The Hall–Kier alpha value is -4.49. The minimum Gasteiger partial charge on any atom is -0.485 e. The van der Waals surface area contributed by atoms with Crippen molar-refractivity contribution in [3.8, 4) is 11.5 Å². The molecule has 1 aromatic heterocycles. The molecule has 0 aliphatic heterocycles. The third-order valence-electron chi connectivity index (χ3n) is 5.46. The number of hydrogen-bond acceptors (Lipinski definition) is 6. The molecule has 5 aromatic rings. The zero-order valence-corrected chi connectivity index (χ0v) is 20.1. The highest BCUT2D eigenvalue weighted by molar-refractivity contribution is 7.19. The summed E-state index contributed by atoms with van der Waals surface area (Å²) in [5.74, 6) is 1.32. The molecule has 0 aliphatic carbocycles. The first-order valence-electron chi connectivity index (χ1n) is 11.3. The second-order valence-electron chi connectivity index (χ2n) is 8.05. The van der Waals surface area contributed by atoms with Crippen molar-refractivity contribution in [2.75, 3.05) is 0 Å². The molecule has 36 heavy (non-hydrogen) atoms. The van der Waals surface area contributed by atoms with Gasteiger partial charge in [-0.2, -0.15) is 0 Å². The van der Waals surface area contributed by atoms with Crippen LogP contribution in [-0.2, 0) is 13.2 Å². The fraction of sp³-hybridized carbons (Fsp3) is 0.0690. The van der Waals surface area contributed by atoms with Crippen molar-refractivity contribution in [1.29, 1.82) is 0 Å². The van der Waals surface area contributed by atoms with Crippen molar-refractivity contribution >= 4 is 39.4 Å². The van der Waals surface area contributed by atoms with E-state index in [1.807, 2.05) is 91.0 Å². The van der Waals surface area contributed by atoms with E-state index in [0.717, 1.165) is 26.4 Å². The third kappa shape index (κ3) is 5.76. The van der Waals surface area contributed by atoms with Crippen LogP contribution in [0.25, 0.3) is 22.4 Å². The van der Waals surface area contributed by atoms with Crippen LogP contribution in [0.4, 0.5) is 5.69 Å². The lowest BCUT2D eigenvalue weighted by Gasteiger charge is -2.14. The van der Waals surface area contributed by atoms with E-state index in [1.54, 1.807) is 6.07 Å². The molecule has 4 aromatic carbocycles. The van der Waals surface area contributed by atoms with E-state index in [2.05, 4.69) is 4.98 Å². The maximum atomic E-state index is 11.0. The summed E-state index contributed by atoms with van der Waals surface area (Å²) < 4.78 is 13.1. The molecule has 0 radical (unpaired) electrons. The first-order chi connectivity index (χ1) is 17.6. The number of ether oxygens (including phenoxy) is 2. The first-order valence-corrected chi connectivity index (χ1v) is 12.2. The molecular weight excluding hydrogens is 472 g/mol. The number of nitro benzene ring substituents is 1. The molecule has 0 bridgehead atoms. The van der Waals surface area contributed by atoms with Crippen LogP contribution in [0.2, 0.25) is 0 Å². The minimum absolute atomic E-state index is 0.0367. The fourth-order valence-electron chi connectivity index (χ4n) is 3.62. The summed E-state index contributed by atoms with van der Waals surface area (Å²) in [5, 5.41) is 11.8. The lowest BCUT2D eigenvalue weighted by Crippen LogP contribution is -2.00. The average Bonchev–Trinajstić information content (AvgIpc) is 3.33. The standard InChI is InChI=1S/C29H22N2O4S/c32-31(33)24-13-15-28-25(18-24)30-29(36-28)16-12-21-11-14-26(34-19-22-7-3-1-4-8-22)27(17-21)35-20-23-9-5-2-6-10-23/h1-18H,19-20H2. The van der Waals surface area contributed by atoms with Crippen molar-refractivity contribution in [2.45, 2.75) is 13.2 Å². The second kappa shape index (κ2) is 10.8. The molecule has 0 amide bonds. The van der Waals surface area contributed by atoms with Gasteiger partial charge in [0.25, 0.3) is 5.69 Å². The highest BCUT2D eigenvalue weighted by Gasteiger charge is 2.10. The van der Waals surface area contributed by atoms with Crippen molar-refractivity contribution in [3.05, 3.63) is 129 Å². The molecule has 6 nitrogen and oxygen atoms in total. The van der Waals surface area contributed by atoms with E-state index in [9.17, 15) is 10.1 Å². The van der Waals surface area contributed by atoms with Crippen LogP contribution in [0.3, 0.4) is 0 Å². The maximum Gasteiger partial charge on any atom is 0.271 e. The van der Waals surface area contributed by atoms with E-state index < -0.39 is 4.92 Å². The number of fused-ring (bicyclic) bond motifs is 1. The Balaban J connectivity index is 1.37. The lowest BCUT2D eigenvalue weighted by molar-refractivity contribution is -0.384. The summed E-state index contributed by atoms with van der Waals surface area (Å²) in [6.07, 6.45) is 3.85. The van der Waals surface area contributed by atoms with E-state index in [0.29, 0.717) is 30.2 Å². The van der Waals surface area contributed by atoms with Crippen molar-refractivity contribution in [2.24, 2.45) is 0 Å². The van der Waals surface area contributed by atoms with Crippen LogP contribution in [0.5, 0.6) is 11.5 Å². The number of rotatable bonds is 9. The predicted octanol–water partition coefficient (Wildman–Crippen LogP) is 7.53. The summed E-state index contributed by atoms with van der Waals surface area (Å²) in [4.78, 5) is 15.1. The van der Waals surface area contributed by atoms with Gasteiger partial charge in [0.2, 0.25) is 0 Å². The van der Waals surface area contributed by atoms with Gasteiger partial charge >= 0.3 is 0 Å². The van der Waals surface area contributed by atoms with Gasteiger partial charge in [0.1, 0.15) is 18.2 Å². The molecule has 0 saturated carbocycles. The monoisotopic (exact) mass is 494 g/mol. The number of nitro groups is 1. The molecule has 0 spiro atoms. The van der Waals surface area contributed by atoms with Gasteiger partial charge in [0.05, 0.1) is 15.1 Å². The highest BCUT2D eigenvalue weighted by Crippen LogP contribution is 2.32. The molecule has 1 heterocycles. The van der Waals surface area contributed by atoms with Crippen LogP contribution in [0.1, 0.15) is 21.7 Å². The zero-order valence-electron chi connectivity index (χ0n) is 19.2. The van der Waals surface area contributed by atoms with Gasteiger partial charge in [-0.1, -0.05) is 72.8 Å². The quantitative estimate of drug-likeness (QED) is 0.156. The molecule has 0 aliphatic rings. The summed E-state index contributed by atoms with van der Waals surface area (Å²) in [5.41, 5.74) is 3.72. The summed E-state index contributed by atoms with van der Waals surface area (Å²) >= 11 is 1.48. The number of benzene rings is 4. The summed E-state index contributed by atoms with van der Waals surface area (Å²) in [6, 6.07) is 30.5. The van der Waals surface area contributed by atoms with Gasteiger partial charge in [-0.25, -0.2) is 4.98 Å². The molecular formula is C29H22N2O4S. The molecule has 7 heteroatoms. The average molecular weight is 495 g/mol. The molecule has 0 saturated heterocycles. The Kier molecular flexibility index (Phi) is 7.00. The topological polar surface area (TPSA) is 74.5 Å². The normalized spacial score (nSPS) is 11.1. The van der Waals surface area contributed by atoms with Crippen molar-refractivity contribution < 1.29 is 14.4 Å². The van der Waals surface area contributed by atoms with E-state index >= 15 is 0 Å². The Morgan fingerprint density at radius 3 is 2.11 bits per heavy atom. The van der Waals surface area contributed by atoms with Gasteiger partial charge < -0.3 is 9.47 Å². The molecule has 0 atom stereocenters. The molecule has 0 fully saturated rings. The Labute approximate surface area is 212 Å². The predicted molar refractivity (Wildman–Crippen MR) is 143 cm³/mol. The van der Waals surface area contributed by atoms with Gasteiger partial charge in [0, 0.05) is 12.1 Å². The smallest absolute Gasteiger partial charge is 0.271 e. The van der Waals surface area contributed by atoms with E-state index in [1.165, 1.54) is 23.5 Å². The maximum absolute atomic E-state index is 11.0. The van der Waals surface area contributed by atoms with Crippen LogP contribution in [-0.4, -0.2) is 9.91 Å². The largest absolute Gasteiger partial charge is 0.485 e. The summed E-state index contributed by atoms with van der Waals surface area (Å²) in [6.45, 7) is 0.863. The lowest BCUT2D eigenvalue weighted by atomic mass is 10.2. The Morgan fingerprint density at radius 1 is 0.778 bits per heavy atom. The number of thiazole rings is 1. The molecule has 0 N–H and O–H groups in total. The van der Waals surface area contributed by atoms with E-state index in [4.69, 9.17) is 9.47 Å².